The SMILES string of the molecule is CC[C@H](C)C(=O)O[C@@H](C[C@@]1(C)[C@H](C)C[C@H](O)[C@]2(COC(C)=O)[C@@H]1[C@H](O)CCC21CO1)C1=CC(=O)OC1. The fourth-order valence-corrected chi connectivity index (χ4v) is 7.08. The van der Waals surface area contributed by atoms with E-state index in [-0.39, 0.29) is 31.0 Å². The summed E-state index contributed by atoms with van der Waals surface area (Å²) in [6.45, 7) is 9.52. The normalized spacial score (nSPS) is 41.1. The second kappa shape index (κ2) is 9.72. The van der Waals surface area contributed by atoms with Crippen LogP contribution in [-0.4, -0.2) is 71.9 Å². The van der Waals surface area contributed by atoms with E-state index in [0.717, 1.165) is 0 Å². The topological polar surface area (TPSA) is 132 Å². The van der Waals surface area contributed by atoms with Crippen LogP contribution < -0.4 is 0 Å². The lowest BCUT2D eigenvalue weighted by molar-refractivity contribution is -0.249. The monoisotopic (exact) mass is 508 g/mol. The third-order valence-corrected chi connectivity index (χ3v) is 9.64. The maximum absolute atomic E-state index is 12.9. The van der Waals surface area contributed by atoms with Crippen molar-refractivity contribution < 1.29 is 43.5 Å². The molecule has 0 aromatic carbocycles. The molecule has 9 heteroatoms. The zero-order valence-corrected chi connectivity index (χ0v) is 22.0. The van der Waals surface area contributed by atoms with Gasteiger partial charge in [-0.25, -0.2) is 4.79 Å². The molecule has 2 N–H and O–H groups in total. The fraction of sp³-hybridized carbons (Fsp3) is 0.815. The number of hydrogen-bond acceptors (Lipinski definition) is 9. The summed E-state index contributed by atoms with van der Waals surface area (Å²) in [6.07, 6.45) is 1.44. The van der Waals surface area contributed by atoms with Crippen molar-refractivity contribution in [2.75, 3.05) is 19.8 Å². The van der Waals surface area contributed by atoms with Gasteiger partial charge in [-0.1, -0.05) is 27.7 Å². The fourth-order valence-electron chi connectivity index (χ4n) is 7.08. The first-order valence-electron chi connectivity index (χ1n) is 13.1. The minimum atomic E-state index is -1.00. The number of cyclic esters (lactones) is 1. The summed E-state index contributed by atoms with van der Waals surface area (Å²) in [5, 5.41) is 23.0. The molecule has 2 aliphatic carbocycles. The summed E-state index contributed by atoms with van der Waals surface area (Å²) < 4.78 is 22.7. The third-order valence-electron chi connectivity index (χ3n) is 9.64. The Morgan fingerprint density at radius 1 is 1.31 bits per heavy atom. The molecule has 1 spiro atoms. The predicted octanol–water partition coefficient (Wildman–Crippen LogP) is 2.31. The summed E-state index contributed by atoms with van der Waals surface area (Å²) in [7, 11) is 0. The van der Waals surface area contributed by atoms with Gasteiger partial charge in [0.1, 0.15) is 24.9 Å². The molecule has 0 aromatic heterocycles. The average molecular weight is 509 g/mol. The van der Waals surface area contributed by atoms with Gasteiger partial charge in [-0.05, 0) is 43.4 Å². The number of hydrogen-bond donors (Lipinski definition) is 2. The van der Waals surface area contributed by atoms with Crippen LogP contribution >= 0.6 is 0 Å². The molecule has 1 unspecified atom stereocenters. The lowest BCUT2D eigenvalue weighted by atomic mass is 9.42. The van der Waals surface area contributed by atoms with Crippen molar-refractivity contribution in [1.29, 1.82) is 0 Å². The molecule has 9 nitrogen and oxygen atoms in total. The molecule has 1 saturated heterocycles. The van der Waals surface area contributed by atoms with E-state index in [1.165, 1.54) is 13.0 Å². The Labute approximate surface area is 212 Å². The van der Waals surface area contributed by atoms with E-state index in [9.17, 15) is 24.6 Å². The number of fused-ring (bicyclic) bond motifs is 2. The number of rotatable bonds is 8. The highest BCUT2D eigenvalue weighted by atomic mass is 16.6. The predicted molar refractivity (Wildman–Crippen MR) is 127 cm³/mol. The van der Waals surface area contributed by atoms with Crippen LogP contribution in [0.1, 0.15) is 66.7 Å². The molecule has 2 aliphatic heterocycles. The number of ether oxygens (including phenoxy) is 4. The third kappa shape index (κ3) is 4.37. The van der Waals surface area contributed by atoms with Gasteiger partial charge in [-0.15, -0.1) is 0 Å². The quantitative estimate of drug-likeness (QED) is 0.288. The average Bonchev–Trinajstić information content (AvgIpc) is 3.48. The number of aliphatic hydroxyl groups is 2. The molecule has 0 aromatic rings. The van der Waals surface area contributed by atoms with Crippen molar-refractivity contribution in [3.05, 3.63) is 11.6 Å². The van der Waals surface area contributed by atoms with Gasteiger partial charge < -0.3 is 29.2 Å². The highest BCUT2D eigenvalue weighted by molar-refractivity contribution is 5.85. The Bertz CT molecular complexity index is 924. The largest absolute Gasteiger partial charge is 0.465 e. The van der Waals surface area contributed by atoms with E-state index in [1.54, 1.807) is 6.92 Å². The van der Waals surface area contributed by atoms with Crippen molar-refractivity contribution in [3.63, 3.8) is 0 Å². The van der Waals surface area contributed by atoms with E-state index in [2.05, 4.69) is 0 Å². The number of aliphatic hydroxyl groups excluding tert-OH is 2. The van der Waals surface area contributed by atoms with Crippen molar-refractivity contribution in [3.8, 4) is 0 Å². The zero-order chi connectivity index (χ0) is 26.5. The van der Waals surface area contributed by atoms with Gasteiger partial charge in [0.2, 0.25) is 0 Å². The maximum atomic E-state index is 12.9. The van der Waals surface area contributed by atoms with Crippen molar-refractivity contribution >= 4 is 17.9 Å². The minimum absolute atomic E-state index is 0.0449. The number of carbonyl (C=O) groups is 3. The first-order valence-corrected chi connectivity index (χ1v) is 13.1. The summed E-state index contributed by atoms with van der Waals surface area (Å²) in [5.74, 6) is -2.17. The van der Waals surface area contributed by atoms with Gasteiger partial charge in [0.25, 0.3) is 0 Å². The molecule has 9 atom stereocenters. The van der Waals surface area contributed by atoms with Crippen LogP contribution in [0.4, 0.5) is 0 Å². The molecule has 0 amide bonds. The molecule has 2 heterocycles. The van der Waals surface area contributed by atoms with Crippen LogP contribution in [0.3, 0.4) is 0 Å². The first-order chi connectivity index (χ1) is 16.9. The molecule has 202 valence electrons. The molecular formula is C27H40O9. The minimum Gasteiger partial charge on any atom is -0.465 e. The van der Waals surface area contributed by atoms with Crippen LogP contribution in [0.25, 0.3) is 0 Å². The van der Waals surface area contributed by atoms with E-state index >= 15 is 0 Å². The van der Waals surface area contributed by atoms with E-state index < -0.39 is 52.6 Å². The lowest BCUT2D eigenvalue weighted by Crippen LogP contribution is -2.70. The number of carbonyl (C=O) groups excluding carboxylic acids is 3. The molecular weight excluding hydrogens is 468 g/mol. The summed E-state index contributed by atoms with van der Waals surface area (Å²) in [6, 6.07) is 0. The van der Waals surface area contributed by atoms with Gasteiger partial charge in [0.05, 0.1) is 30.1 Å². The Kier molecular flexibility index (Phi) is 7.31. The standard InChI is InChI=1S/C27H40O9/c1-6-15(2)24(32)36-20(18-10-22(31)33-12-18)11-25(5)16(3)9-21(30)27(14-34-17(4)28)23(25)19(29)7-8-26(27)13-35-26/h10,15-16,19-21,23,29-30H,6-9,11-14H2,1-5H3/t15-,16+,19+,20-,21-,23+,25-,26?,27+/m0/s1. The Morgan fingerprint density at radius 3 is 2.56 bits per heavy atom. The number of epoxide rings is 1. The molecule has 3 fully saturated rings. The van der Waals surface area contributed by atoms with Gasteiger partial charge >= 0.3 is 17.9 Å². The van der Waals surface area contributed by atoms with Gasteiger partial charge in [0.15, 0.2) is 0 Å². The van der Waals surface area contributed by atoms with Crippen molar-refractivity contribution in [1.82, 2.24) is 0 Å². The molecule has 0 bridgehead atoms. The van der Waals surface area contributed by atoms with Gasteiger partial charge in [0, 0.05) is 24.5 Å². The molecule has 2 saturated carbocycles. The van der Waals surface area contributed by atoms with Crippen LogP contribution in [-0.2, 0) is 33.3 Å². The van der Waals surface area contributed by atoms with Crippen LogP contribution in [0, 0.1) is 28.6 Å². The maximum Gasteiger partial charge on any atom is 0.331 e. The molecule has 36 heavy (non-hydrogen) atoms. The van der Waals surface area contributed by atoms with E-state index in [1.807, 2.05) is 20.8 Å². The van der Waals surface area contributed by atoms with E-state index in [0.29, 0.717) is 44.3 Å². The van der Waals surface area contributed by atoms with Gasteiger partial charge in [-0.3, -0.25) is 9.59 Å². The van der Waals surface area contributed by atoms with Crippen molar-refractivity contribution in [2.45, 2.75) is 90.6 Å². The summed E-state index contributed by atoms with van der Waals surface area (Å²) in [4.78, 5) is 36.7. The number of esters is 3. The molecule has 4 aliphatic rings. The smallest absolute Gasteiger partial charge is 0.331 e. The Balaban J connectivity index is 1.75. The van der Waals surface area contributed by atoms with Gasteiger partial charge in [-0.2, -0.15) is 0 Å². The van der Waals surface area contributed by atoms with Crippen molar-refractivity contribution in [2.24, 2.45) is 28.6 Å². The lowest BCUT2D eigenvalue weighted by Gasteiger charge is -2.64. The molecule has 4 rings (SSSR count). The second-order valence-electron chi connectivity index (χ2n) is 11.6. The first kappa shape index (κ1) is 27.1. The highest BCUT2D eigenvalue weighted by Gasteiger charge is 2.76. The second-order valence-corrected chi connectivity index (χ2v) is 11.6. The highest BCUT2D eigenvalue weighted by Crippen LogP contribution is 2.68. The summed E-state index contributed by atoms with van der Waals surface area (Å²) in [5.41, 5.74) is -1.74. The van der Waals surface area contributed by atoms with E-state index in [4.69, 9.17) is 18.9 Å². The Hall–Kier alpha value is -1.97. The summed E-state index contributed by atoms with van der Waals surface area (Å²) >= 11 is 0. The zero-order valence-electron chi connectivity index (χ0n) is 22.0. The van der Waals surface area contributed by atoms with Crippen LogP contribution in [0.2, 0.25) is 0 Å². The Morgan fingerprint density at radius 2 is 2.00 bits per heavy atom. The van der Waals surface area contributed by atoms with Crippen LogP contribution in [0.5, 0.6) is 0 Å². The van der Waals surface area contributed by atoms with Crippen LogP contribution in [0.15, 0.2) is 11.6 Å². The molecule has 0 radical (unpaired) electrons.